The van der Waals surface area contributed by atoms with Gasteiger partial charge in [-0.2, -0.15) is 0 Å². The second-order valence-corrected chi connectivity index (χ2v) is 8.00. The average Bonchev–Trinajstić information content (AvgIpc) is 2.66. The van der Waals surface area contributed by atoms with Crippen LogP contribution in [0, 0.1) is 13.8 Å². The van der Waals surface area contributed by atoms with Gasteiger partial charge >= 0.3 is 0 Å². The van der Waals surface area contributed by atoms with Crippen LogP contribution in [0.5, 0.6) is 0 Å². The molecule has 0 saturated heterocycles. The molecule has 0 unspecified atom stereocenters. The van der Waals surface area contributed by atoms with Gasteiger partial charge in [0, 0.05) is 16.3 Å². The zero-order chi connectivity index (χ0) is 20.6. The van der Waals surface area contributed by atoms with Crippen molar-refractivity contribution in [1.82, 2.24) is 0 Å². The van der Waals surface area contributed by atoms with Gasteiger partial charge in [0.25, 0.3) is 0 Å². The van der Waals surface area contributed by atoms with E-state index in [0.29, 0.717) is 12.2 Å². The van der Waals surface area contributed by atoms with E-state index in [1.165, 1.54) is 11.8 Å². The summed E-state index contributed by atoms with van der Waals surface area (Å²) in [6, 6.07) is 23.2. The molecule has 0 aliphatic rings. The quantitative estimate of drug-likeness (QED) is 0.531. The van der Waals surface area contributed by atoms with Crippen LogP contribution in [0.25, 0.3) is 0 Å². The van der Waals surface area contributed by atoms with Crippen molar-refractivity contribution >= 4 is 35.0 Å². The van der Waals surface area contributed by atoms with Gasteiger partial charge in [0.15, 0.2) is 0 Å². The number of hydrogen-bond acceptors (Lipinski definition) is 3. The zero-order valence-electron chi connectivity index (χ0n) is 16.6. The molecule has 0 fully saturated rings. The summed E-state index contributed by atoms with van der Waals surface area (Å²) in [7, 11) is 0. The van der Waals surface area contributed by atoms with Crippen LogP contribution in [0.2, 0.25) is 0 Å². The lowest BCUT2D eigenvalue weighted by Crippen LogP contribution is -2.15. The Balaban J connectivity index is 1.52. The van der Waals surface area contributed by atoms with Crippen molar-refractivity contribution in [2.75, 3.05) is 16.4 Å². The molecule has 0 saturated carbocycles. The first-order chi connectivity index (χ1) is 14.0. The van der Waals surface area contributed by atoms with Gasteiger partial charge in [0.2, 0.25) is 11.8 Å². The minimum atomic E-state index is -0.0640. The molecular weight excluding hydrogens is 380 g/mol. The number of aryl methyl sites for hydroxylation is 2. The van der Waals surface area contributed by atoms with Crippen LogP contribution in [0.15, 0.2) is 77.7 Å². The number of rotatable bonds is 7. The van der Waals surface area contributed by atoms with Crippen LogP contribution in [0.3, 0.4) is 0 Å². The van der Waals surface area contributed by atoms with Gasteiger partial charge in [-0.05, 0) is 60.9 Å². The Morgan fingerprint density at radius 1 is 0.759 bits per heavy atom. The molecule has 3 aromatic rings. The van der Waals surface area contributed by atoms with Crippen LogP contribution < -0.4 is 10.6 Å². The van der Waals surface area contributed by atoms with E-state index in [9.17, 15) is 9.59 Å². The third-order valence-corrected chi connectivity index (χ3v) is 5.19. The Morgan fingerprint density at radius 2 is 1.45 bits per heavy atom. The van der Waals surface area contributed by atoms with Crippen LogP contribution in [-0.2, 0) is 16.0 Å². The molecule has 0 atom stereocenters. The van der Waals surface area contributed by atoms with Crippen LogP contribution in [0.1, 0.15) is 16.7 Å². The summed E-state index contributed by atoms with van der Waals surface area (Å²) in [6.45, 7) is 4.02. The zero-order valence-corrected chi connectivity index (χ0v) is 17.4. The molecule has 0 aliphatic heterocycles. The smallest absolute Gasteiger partial charge is 0.234 e. The molecule has 2 N–H and O–H groups in total. The Labute approximate surface area is 175 Å². The lowest BCUT2D eigenvalue weighted by Gasteiger charge is -2.09. The summed E-state index contributed by atoms with van der Waals surface area (Å²) in [6.07, 6.45) is 0.330. The molecule has 4 nitrogen and oxygen atoms in total. The molecule has 0 bridgehead atoms. The number of amides is 2. The summed E-state index contributed by atoms with van der Waals surface area (Å²) < 4.78 is 0. The summed E-state index contributed by atoms with van der Waals surface area (Å²) in [5, 5.41) is 5.86. The Bertz CT molecular complexity index is 983. The SMILES string of the molecule is Cc1cc(C)cc(NC(=O)CSc2cccc(NC(=O)Cc3ccccc3)c2)c1. The summed E-state index contributed by atoms with van der Waals surface area (Å²) in [5.41, 5.74) is 4.75. The highest BCUT2D eigenvalue weighted by molar-refractivity contribution is 8.00. The van der Waals surface area contributed by atoms with E-state index in [-0.39, 0.29) is 11.8 Å². The molecule has 0 heterocycles. The van der Waals surface area contributed by atoms with Crippen LogP contribution in [-0.4, -0.2) is 17.6 Å². The predicted octanol–water partition coefficient (Wildman–Crippen LogP) is 5.22. The number of carbonyl (C=O) groups excluding carboxylic acids is 2. The minimum absolute atomic E-state index is 0.0569. The van der Waals surface area contributed by atoms with Crippen molar-refractivity contribution in [3.05, 3.63) is 89.5 Å². The van der Waals surface area contributed by atoms with Gasteiger partial charge in [0.1, 0.15) is 0 Å². The van der Waals surface area contributed by atoms with Crippen molar-refractivity contribution in [2.24, 2.45) is 0 Å². The topological polar surface area (TPSA) is 58.2 Å². The van der Waals surface area contributed by atoms with E-state index in [0.717, 1.165) is 33.0 Å². The fraction of sp³-hybridized carbons (Fsp3) is 0.167. The lowest BCUT2D eigenvalue weighted by molar-refractivity contribution is -0.115. The molecule has 0 spiro atoms. The van der Waals surface area contributed by atoms with Crippen molar-refractivity contribution in [2.45, 2.75) is 25.2 Å². The Hall–Kier alpha value is -3.05. The van der Waals surface area contributed by atoms with E-state index in [1.807, 2.05) is 80.6 Å². The van der Waals surface area contributed by atoms with Crippen molar-refractivity contribution in [1.29, 1.82) is 0 Å². The summed E-state index contributed by atoms with van der Waals surface area (Å²) >= 11 is 1.44. The fourth-order valence-electron chi connectivity index (χ4n) is 3.04. The third-order valence-electron chi connectivity index (χ3n) is 4.20. The molecule has 3 aromatic carbocycles. The number of benzene rings is 3. The fourth-order valence-corrected chi connectivity index (χ4v) is 3.80. The third kappa shape index (κ3) is 6.80. The maximum absolute atomic E-state index is 12.3. The number of thioether (sulfide) groups is 1. The predicted molar refractivity (Wildman–Crippen MR) is 120 cm³/mol. The van der Waals surface area contributed by atoms with Gasteiger partial charge in [-0.1, -0.05) is 42.5 Å². The highest BCUT2D eigenvalue weighted by Crippen LogP contribution is 2.22. The molecule has 148 valence electrons. The molecular formula is C24H24N2O2S. The number of nitrogens with one attached hydrogen (secondary N) is 2. The van der Waals surface area contributed by atoms with Gasteiger partial charge in [-0.3, -0.25) is 9.59 Å². The Kier molecular flexibility index (Phi) is 7.09. The van der Waals surface area contributed by atoms with E-state index < -0.39 is 0 Å². The molecule has 3 rings (SSSR count). The van der Waals surface area contributed by atoms with Gasteiger partial charge in [-0.15, -0.1) is 11.8 Å². The average molecular weight is 405 g/mol. The Morgan fingerprint density at radius 3 is 2.17 bits per heavy atom. The van der Waals surface area contributed by atoms with Gasteiger partial charge in [0.05, 0.1) is 12.2 Å². The molecule has 5 heteroatoms. The first-order valence-electron chi connectivity index (χ1n) is 9.43. The molecule has 0 aromatic heterocycles. The standard InChI is InChI=1S/C24H24N2O2S/c1-17-11-18(2)13-21(12-17)26-24(28)16-29-22-10-6-9-20(15-22)25-23(27)14-19-7-4-3-5-8-19/h3-13,15H,14,16H2,1-2H3,(H,25,27)(H,26,28). The van der Waals surface area contributed by atoms with E-state index in [1.54, 1.807) is 0 Å². The highest BCUT2D eigenvalue weighted by atomic mass is 32.2. The van der Waals surface area contributed by atoms with Crippen LogP contribution in [0.4, 0.5) is 11.4 Å². The highest BCUT2D eigenvalue weighted by Gasteiger charge is 2.07. The van der Waals surface area contributed by atoms with E-state index in [2.05, 4.69) is 16.7 Å². The van der Waals surface area contributed by atoms with Crippen molar-refractivity contribution in [3.63, 3.8) is 0 Å². The molecule has 0 aliphatic carbocycles. The molecule has 29 heavy (non-hydrogen) atoms. The summed E-state index contributed by atoms with van der Waals surface area (Å²) in [5.74, 6) is 0.179. The van der Waals surface area contributed by atoms with Crippen molar-refractivity contribution in [3.8, 4) is 0 Å². The largest absolute Gasteiger partial charge is 0.326 e. The van der Waals surface area contributed by atoms with Crippen molar-refractivity contribution < 1.29 is 9.59 Å². The number of carbonyl (C=O) groups is 2. The first kappa shape index (κ1) is 20.7. The second-order valence-electron chi connectivity index (χ2n) is 6.95. The number of hydrogen-bond donors (Lipinski definition) is 2. The van der Waals surface area contributed by atoms with Gasteiger partial charge in [-0.25, -0.2) is 0 Å². The number of anilines is 2. The molecule has 2 amide bonds. The first-order valence-corrected chi connectivity index (χ1v) is 10.4. The van der Waals surface area contributed by atoms with E-state index >= 15 is 0 Å². The van der Waals surface area contributed by atoms with E-state index in [4.69, 9.17) is 0 Å². The maximum atomic E-state index is 12.3. The summed E-state index contributed by atoms with van der Waals surface area (Å²) in [4.78, 5) is 25.4. The maximum Gasteiger partial charge on any atom is 0.234 e. The second kappa shape index (κ2) is 9.94. The monoisotopic (exact) mass is 404 g/mol. The molecule has 0 radical (unpaired) electrons. The van der Waals surface area contributed by atoms with Gasteiger partial charge < -0.3 is 10.6 Å². The normalized spacial score (nSPS) is 10.4. The lowest BCUT2D eigenvalue weighted by atomic mass is 10.1. The van der Waals surface area contributed by atoms with Crippen LogP contribution >= 0.6 is 11.8 Å². The minimum Gasteiger partial charge on any atom is -0.326 e.